The van der Waals surface area contributed by atoms with Crippen molar-refractivity contribution in [3.63, 3.8) is 0 Å². The number of benzene rings is 3. The summed E-state index contributed by atoms with van der Waals surface area (Å²) in [6.45, 7) is 2.92. The Bertz CT molecular complexity index is 1320. The van der Waals surface area contributed by atoms with E-state index in [-0.39, 0.29) is 11.9 Å². The minimum absolute atomic E-state index is 0.0931. The Balaban J connectivity index is 1.65. The van der Waals surface area contributed by atoms with Crippen molar-refractivity contribution in [1.29, 1.82) is 0 Å². The topological polar surface area (TPSA) is 67.5 Å². The molecule has 6 nitrogen and oxygen atoms in total. The number of hydrogen-bond donors (Lipinski definition) is 1. The predicted molar refractivity (Wildman–Crippen MR) is 131 cm³/mol. The van der Waals surface area contributed by atoms with Crippen LogP contribution in [0.3, 0.4) is 0 Å². The average Bonchev–Trinajstić information content (AvgIpc) is 3.40. The maximum Gasteiger partial charge on any atom is 0.273 e. The minimum Gasteiger partial charge on any atom is -0.493 e. The number of aromatic nitrogens is 2. The summed E-state index contributed by atoms with van der Waals surface area (Å²) in [7, 11) is 1.62. The first-order valence-electron chi connectivity index (χ1n) is 11.1. The molecule has 3 aromatic carbocycles. The molecule has 1 atom stereocenters. The van der Waals surface area contributed by atoms with Gasteiger partial charge in [0.1, 0.15) is 5.69 Å². The number of hydrogen-bond acceptors (Lipinski definition) is 4. The van der Waals surface area contributed by atoms with Gasteiger partial charge in [0.25, 0.3) is 5.91 Å². The molecule has 34 heavy (non-hydrogen) atoms. The molecule has 0 fully saturated rings. The van der Waals surface area contributed by atoms with Gasteiger partial charge < -0.3 is 14.4 Å². The zero-order chi connectivity index (χ0) is 23.7. The fraction of sp³-hybridized carbons (Fsp3) is 0.185. The van der Waals surface area contributed by atoms with Gasteiger partial charge in [-0.1, -0.05) is 60.1 Å². The number of methoxy groups -OCH3 is 1. The number of halogens is 1. The lowest BCUT2D eigenvalue weighted by Crippen LogP contribution is -2.29. The SMILES string of the molecule is CCOc1ccc(C2c3c(-c4ccc(Cl)cc4)n[nH]c3C(=O)N2Cc2ccccc2)cc1OC. The van der Waals surface area contributed by atoms with Gasteiger partial charge >= 0.3 is 0 Å². The normalized spacial score (nSPS) is 14.9. The van der Waals surface area contributed by atoms with Crippen molar-refractivity contribution in [3.05, 3.63) is 100 Å². The predicted octanol–water partition coefficient (Wildman–Crippen LogP) is 5.88. The third-order valence-electron chi connectivity index (χ3n) is 5.98. The maximum atomic E-state index is 13.6. The van der Waals surface area contributed by atoms with E-state index in [0.29, 0.717) is 35.4 Å². The zero-order valence-electron chi connectivity index (χ0n) is 18.9. The lowest BCUT2D eigenvalue weighted by Gasteiger charge is -2.27. The molecule has 172 valence electrons. The molecule has 4 aromatic rings. The molecule has 1 unspecified atom stereocenters. The summed E-state index contributed by atoms with van der Waals surface area (Å²) in [6, 6.07) is 22.9. The van der Waals surface area contributed by atoms with E-state index in [1.807, 2.05) is 84.6 Å². The number of nitrogens with zero attached hydrogens (tertiary/aromatic N) is 2. The molecule has 5 rings (SSSR count). The smallest absolute Gasteiger partial charge is 0.273 e. The Kier molecular flexibility index (Phi) is 5.99. The van der Waals surface area contributed by atoms with Gasteiger partial charge in [-0.15, -0.1) is 0 Å². The Morgan fingerprint density at radius 1 is 1.03 bits per heavy atom. The van der Waals surface area contributed by atoms with E-state index in [1.54, 1.807) is 7.11 Å². The zero-order valence-corrected chi connectivity index (χ0v) is 19.7. The van der Waals surface area contributed by atoms with Gasteiger partial charge in [0, 0.05) is 22.7 Å². The van der Waals surface area contributed by atoms with Crippen molar-refractivity contribution < 1.29 is 14.3 Å². The number of aromatic amines is 1. The Morgan fingerprint density at radius 3 is 2.50 bits per heavy atom. The quantitative estimate of drug-likeness (QED) is 0.364. The van der Waals surface area contributed by atoms with E-state index >= 15 is 0 Å². The van der Waals surface area contributed by atoms with Gasteiger partial charge in [-0.25, -0.2) is 0 Å². The van der Waals surface area contributed by atoms with Crippen molar-refractivity contribution in [1.82, 2.24) is 15.1 Å². The lowest BCUT2D eigenvalue weighted by molar-refractivity contribution is 0.0730. The Hall–Kier alpha value is -3.77. The first-order valence-corrected chi connectivity index (χ1v) is 11.5. The van der Waals surface area contributed by atoms with E-state index < -0.39 is 0 Å². The van der Waals surface area contributed by atoms with Crippen LogP contribution in [-0.2, 0) is 6.54 Å². The third kappa shape index (κ3) is 3.90. The molecular formula is C27H24ClN3O3. The van der Waals surface area contributed by atoms with E-state index in [0.717, 1.165) is 27.9 Å². The monoisotopic (exact) mass is 473 g/mol. The van der Waals surface area contributed by atoms with Crippen molar-refractivity contribution in [2.75, 3.05) is 13.7 Å². The van der Waals surface area contributed by atoms with Crippen LogP contribution in [0.25, 0.3) is 11.3 Å². The summed E-state index contributed by atoms with van der Waals surface area (Å²) >= 11 is 6.11. The average molecular weight is 474 g/mol. The van der Waals surface area contributed by atoms with Crippen LogP contribution < -0.4 is 9.47 Å². The van der Waals surface area contributed by atoms with Crippen molar-refractivity contribution in [2.24, 2.45) is 0 Å². The maximum absolute atomic E-state index is 13.6. The number of nitrogens with one attached hydrogen (secondary N) is 1. The van der Waals surface area contributed by atoms with Gasteiger partial charge in [-0.05, 0) is 42.3 Å². The number of ether oxygens (including phenoxy) is 2. The number of rotatable bonds is 7. The second-order valence-electron chi connectivity index (χ2n) is 8.03. The molecule has 0 aliphatic carbocycles. The number of amides is 1. The minimum atomic E-state index is -0.350. The van der Waals surface area contributed by atoms with Crippen LogP contribution in [-0.4, -0.2) is 34.7 Å². The van der Waals surface area contributed by atoms with Crippen LogP contribution >= 0.6 is 11.6 Å². The highest BCUT2D eigenvalue weighted by molar-refractivity contribution is 6.30. The van der Waals surface area contributed by atoms with E-state index in [9.17, 15) is 4.79 Å². The Morgan fingerprint density at radius 2 is 1.79 bits per heavy atom. The standard InChI is InChI=1S/C27H24ClN3O3/c1-3-34-21-14-11-19(15-22(21)33-2)26-23-24(18-9-12-20(28)13-10-18)29-30-25(23)27(32)31(26)16-17-7-5-4-6-8-17/h4-15,26H,3,16H2,1-2H3,(H,29,30). The van der Waals surface area contributed by atoms with Crippen molar-refractivity contribution in [2.45, 2.75) is 19.5 Å². The summed E-state index contributed by atoms with van der Waals surface area (Å²) in [5.74, 6) is 1.19. The highest BCUT2D eigenvalue weighted by Gasteiger charge is 2.42. The fourth-order valence-electron chi connectivity index (χ4n) is 4.44. The van der Waals surface area contributed by atoms with Crippen LogP contribution in [0.15, 0.2) is 72.8 Å². The van der Waals surface area contributed by atoms with Crippen LogP contribution in [0.5, 0.6) is 11.5 Å². The molecule has 1 aliphatic rings. The van der Waals surface area contributed by atoms with Gasteiger partial charge in [-0.3, -0.25) is 9.89 Å². The van der Waals surface area contributed by atoms with Gasteiger partial charge in [-0.2, -0.15) is 5.10 Å². The second kappa shape index (κ2) is 9.23. The van der Waals surface area contributed by atoms with Gasteiger partial charge in [0.05, 0.1) is 25.5 Å². The number of fused-ring (bicyclic) bond motifs is 1. The van der Waals surface area contributed by atoms with Crippen LogP contribution in [0.4, 0.5) is 0 Å². The fourth-order valence-corrected chi connectivity index (χ4v) is 4.57. The lowest BCUT2D eigenvalue weighted by atomic mass is 9.95. The molecule has 0 bridgehead atoms. The van der Waals surface area contributed by atoms with Crippen LogP contribution in [0.2, 0.25) is 5.02 Å². The summed E-state index contributed by atoms with van der Waals surface area (Å²) in [5.41, 5.74) is 4.92. The highest BCUT2D eigenvalue weighted by Crippen LogP contribution is 2.45. The molecule has 0 spiro atoms. The number of carbonyl (C=O) groups excluding carboxylic acids is 1. The molecule has 0 saturated heterocycles. The van der Waals surface area contributed by atoms with Crippen molar-refractivity contribution >= 4 is 17.5 Å². The Labute approximate surface area is 203 Å². The molecular weight excluding hydrogens is 450 g/mol. The van der Waals surface area contributed by atoms with Crippen molar-refractivity contribution in [3.8, 4) is 22.8 Å². The first-order chi connectivity index (χ1) is 16.6. The number of carbonyl (C=O) groups is 1. The summed E-state index contributed by atoms with van der Waals surface area (Å²) in [5, 5.41) is 8.16. The summed E-state index contributed by atoms with van der Waals surface area (Å²) in [4.78, 5) is 15.5. The van der Waals surface area contributed by atoms with Gasteiger partial charge in [0.2, 0.25) is 0 Å². The molecule has 1 amide bonds. The molecule has 7 heteroatoms. The van der Waals surface area contributed by atoms with E-state index in [1.165, 1.54) is 0 Å². The molecule has 1 aliphatic heterocycles. The second-order valence-corrected chi connectivity index (χ2v) is 8.47. The van der Waals surface area contributed by atoms with E-state index in [2.05, 4.69) is 10.2 Å². The third-order valence-corrected chi connectivity index (χ3v) is 6.23. The molecule has 0 radical (unpaired) electrons. The highest BCUT2D eigenvalue weighted by atomic mass is 35.5. The van der Waals surface area contributed by atoms with Gasteiger partial charge in [0.15, 0.2) is 11.5 Å². The number of H-pyrrole nitrogens is 1. The molecule has 1 aromatic heterocycles. The summed E-state index contributed by atoms with van der Waals surface area (Å²) < 4.78 is 11.3. The molecule has 1 N–H and O–H groups in total. The van der Waals surface area contributed by atoms with Crippen LogP contribution in [0.1, 0.15) is 40.1 Å². The first kappa shape index (κ1) is 22.0. The van der Waals surface area contributed by atoms with E-state index in [4.69, 9.17) is 21.1 Å². The molecule has 2 heterocycles. The largest absolute Gasteiger partial charge is 0.493 e. The summed E-state index contributed by atoms with van der Waals surface area (Å²) in [6.07, 6.45) is 0. The molecule has 0 saturated carbocycles. The van der Waals surface area contributed by atoms with Crippen LogP contribution in [0, 0.1) is 0 Å².